The van der Waals surface area contributed by atoms with Crippen molar-refractivity contribution in [3.05, 3.63) is 0 Å². The van der Waals surface area contributed by atoms with E-state index in [1.54, 1.807) is 0 Å². The van der Waals surface area contributed by atoms with Crippen molar-refractivity contribution in [1.82, 2.24) is 10.2 Å². The standard InChI is InChI=1S/C16H29N3O3S.HI/c1-2-17-15(18-11-16(20)5-9-23-12-16)19-6-8-22-14(10-19)13-4-3-7-21-13;/h13-14,20H,2-12H2,1H3,(H,17,18);1H. The van der Waals surface area contributed by atoms with Crippen LogP contribution in [0.1, 0.15) is 26.2 Å². The van der Waals surface area contributed by atoms with Crippen molar-refractivity contribution in [3.63, 3.8) is 0 Å². The molecule has 3 atom stereocenters. The Morgan fingerprint density at radius 1 is 1.38 bits per heavy atom. The van der Waals surface area contributed by atoms with E-state index in [2.05, 4.69) is 17.1 Å². The van der Waals surface area contributed by atoms with Gasteiger partial charge in [0.1, 0.15) is 6.10 Å². The lowest BCUT2D eigenvalue weighted by Crippen LogP contribution is -2.53. The van der Waals surface area contributed by atoms with Gasteiger partial charge < -0.3 is 24.8 Å². The summed E-state index contributed by atoms with van der Waals surface area (Å²) >= 11 is 1.81. The fourth-order valence-electron chi connectivity index (χ4n) is 3.36. The second-order valence-corrected chi connectivity index (χ2v) is 7.71. The van der Waals surface area contributed by atoms with Crippen molar-refractivity contribution in [2.24, 2.45) is 4.99 Å². The summed E-state index contributed by atoms with van der Waals surface area (Å²) in [5.74, 6) is 2.71. The summed E-state index contributed by atoms with van der Waals surface area (Å²) in [6.07, 6.45) is 3.39. The number of nitrogens with zero attached hydrogens (tertiary/aromatic N) is 2. The van der Waals surface area contributed by atoms with Gasteiger partial charge in [0.15, 0.2) is 5.96 Å². The van der Waals surface area contributed by atoms with E-state index in [4.69, 9.17) is 14.5 Å². The monoisotopic (exact) mass is 471 g/mol. The van der Waals surface area contributed by atoms with Gasteiger partial charge in [0.2, 0.25) is 0 Å². The van der Waals surface area contributed by atoms with Crippen LogP contribution in [0.5, 0.6) is 0 Å². The third-order valence-electron chi connectivity index (χ3n) is 4.71. The Labute approximate surface area is 166 Å². The average Bonchev–Trinajstić information content (AvgIpc) is 3.24. The molecule has 0 aromatic carbocycles. The fraction of sp³-hybridized carbons (Fsp3) is 0.938. The number of nitrogens with one attached hydrogen (secondary N) is 1. The van der Waals surface area contributed by atoms with E-state index < -0.39 is 5.60 Å². The molecule has 3 heterocycles. The van der Waals surface area contributed by atoms with Crippen molar-refractivity contribution in [3.8, 4) is 0 Å². The van der Waals surface area contributed by atoms with Crippen LogP contribution in [0, 0.1) is 0 Å². The highest BCUT2D eigenvalue weighted by molar-refractivity contribution is 14.0. The minimum atomic E-state index is -0.633. The van der Waals surface area contributed by atoms with Gasteiger partial charge in [-0.2, -0.15) is 11.8 Å². The number of morpholine rings is 1. The van der Waals surface area contributed by atoms with Gasteiger partial charge in [-0.25, -0.2) is 0 Å². The average molecular weight is 471 g/mol. The van der Waals surface area contributed by atoms with E-state index in [9.17, 15) is 5.11 Å². The van der Waals surface area contributed by atoms with Crippen molar-refractivity contribution in [2.75, 3.05) is 50.9 Å². The molecule has 140 valence electrons. The molecule has 0 bridgehead atoms. The minimum absolute atomic E-state index is 0. The molecule has 3 fully saturated rings. The molecule has 24 heavy (non-hydrogen) atoms. The van der Waals surface area contributed by atoms with Crippen molar-refractivity contribution < 1.29 is 14.6 Å². The minimum Gasteiger partial charge on any atom is -0.387 e. The molecule has 2 N–H and O–H groups in total. The maximum absolute atomic E-state index is 10.5. The van der Waals surface area contributed by atoms with Gasteiger partial charge in [0.25, 0.3) is 0 Å². The summed E-state index contributed by atoms with van der Waals surface area (Å²) in [5.41, 5.74) is -0.633. The lowest BCUT2D eigenvalue weighted by molar-refractivity contribution is -0.0817. The van der Waals surface area contributed by atoms with Crippen LogP contribution in [0.15, 0.2) is 4.99 Å². The Hall–Kier alpha value is 0.230. The van der Waals surface area contributed by atoms with Crippen LogP contribution in [0.2, 0.25) is 0 Å². The Kier molecular flexibility index (Phi) is 8.39. The Morgan fingerprint density at radius 2 is 2.21 bits per heavy atom. The lowest BCUT2D eigenvalue weighted by atomic mass is 10.0. The molecule has 0 aromatic rings. The summed E-state index contributed by atoms with van der Waals surface area (Å²) in [6, 6.07) is 0. The van der Waals surface area contributed by atoms with Gasteiger partial charge in [-0.15, -0.1) is 24.0 Å². The van der Waals surface area contributed by atoms with E-state index in [1.807, 2.05) is 11.8 Å². The third kappa shape index (κ3) is 5.36. The van der Waals surface area contributed by atoms with Crippen LogP contribution in [-0.4, -0.2) is 84.7 Å². The molecule has 3 aliphatic heterocycles. The first kappa shape index (κ1) is 20.5. The van der Waals surface area contributed by atoms with Crippen LogP contribution in [-0.2, 0) is 9.47 Å². The summed E-state index contributed by atoms with van der Waals surface area (Å²) in [7, 11) is 0. The highest BCUT2D eigenvalue weighted by Gasteiger charge is 2.34. The van der Waals surface area contributed by atoms with Crippen LogP contribution >= 0.6 is 35.7 Å². The maximum Gasteiger partial charge on any atom is 0.194 e. The number of ether oxygens (including phenoxy) is 2. The van der Waals surface area contributed by atoms with Gasteiger partial charge in [-0.1, -0.05) is 0 Å². The summed E-state index contributed by atoms with van der Waals surface area (Å²) in [5, 5.41) is 13.9. The van der Waals surface area contributed by atoms with Gasteiger partial charge >= 0.3 is 0 Å². The SMILES string of the molecule is CCNC(=NCC1(O)CCSC1)N1CCOC(C2CCCO2)C1.I. The number of aliphatic imine (C=N–C) groups is 1. The summed E-state index contributed by atoms with van der Waals surface area (Å²) in [4.78, 5) is 6.98. The largest absolute Gasteiger partial charge is 0.387 e. The molecule has 0 amide bonds. The van der Waals surface area contributed by atoms with Gasteiger partial charge in [0, 0.05) is 32.0 Å². The summed E-state index contributed by atoms with van der Waals surface area (Å²) in [6.45, 7) is 6.58. The highest BCUT2D eigenvalue weighted by atomic mass is 127. The number of thioether (sulfide) groups is 1. The van der Waals surface area contributed by atoms with Crippen LogP contribution in [0.25, 0.3) is 0 Å². The van der Waals surface area contributed by atoms with E-state index in [-0.39, 0.29) is 36.2 Å². The molecule has 6 nitrogen and oxygen atoms in total. The lowest BCUT2D eigenvalue weighted by Gasteiger charge is -2.37. The first-order chi connectivity index (χ1) is 11.2. The second-order valence-electron chi connectivity index (χ2n) is 6.60. The molecular formula is C16H30IN3O3S. The van der Waals surface area contributed by atoms with Gasteiger partial charge in [0.05, 0.1) is 24.9 Å². The first-order valence-corrected chi connectivity index (χ1v) is 9.92. The highest BCUT2D eigenvalue weighted by Crippen LogP contribution is 2.28. The van der Waals surface area contributed by atoms with E-state index in [1.165, 1.54) is 0 Å². The molecule has 3 rings (SSSR count). The number of aliphatic hydroxyl groups is 1. The van der Waals surface area contributed by atoms with Gasteiger partial charge in [-0.3, -0.25) is 4.99 Å². The second kappa shape index (κ2) is 9.80. The Bertz CT molecular complexity index is 415. The predicted octanol–water partition coefficient (Wildman–Crippen LogP) is 1.32. The third-order valence-corrected chi connectivity index (χ3v) is 5.95. The van der Waals surface area contributed by atoms with Crippen LogP contribution < -0.4 is 5.32 Å². The number of hydrogen-bond acceptors (Lipinski definition) is 5. The zero-order valence-corrected chi connectivity index (χ0v) is 17.6. The van der Waals surface area contributed by atoms with E-state index >= 15 is 0 Å². The fourth-order valence-corrected chi connectivity index (χ4v) is 4.64. The molecule has 3 saturated heterocycles. The van der Waals surface area contributed by atoms with Crippen LogP contribution in [0.3, 0.4) is 0 Å². The molecule has 0 radical (unpaired) electrons. The molecule has 0 spiro atoms. The van der Waals surface area contributed by atoms with Crippen LogP contribution in [0.4, 0.5) is 0 Å². The van der Waals surface area contributed by atoms with Gasteiger partial charge in [-0.05, 0) is 31.9 Å². The topological polar surface area (TPSA) is 66.3 Å². The molecule has 3 aliphatic rings. The number of halogens is 1. The quantitative estimate of drug-likeness (QED) is 0.367. The Morgan fingerprint density at radius 3 is 2.88 bits per heavy atom. The van der Waals surface area contributed by atoms with E-state index in [0.717, 1.165) is 63.0 Å². The number of hydrogen-bond donors (Lipinski definition) is 2. The molecule has 3 unspecified atom stereocenters. The zero-order valence-electron chi connectivity index (χ0n) is 14.4. The number of guanidine groups is 1. The normalized spacial score (nSPS) is 34.2. The molecule has 8 heteroatoms. The molecule has 0 saturated carbocycles. The summed E-state index contributed by atoms with van der Waals surface area (Å²) < 4.78 is 11.7. The smallest absolute Gasteiger partial charge is 0.194 e. The first-order valence-electron chi connectivity index (χ1n) is 8.77. The van der Waals surface area contributed by atoms with E-state index in [0.29, 0.717) is 13.2 Å². The number of rotatable bonds is 4. The molecular weight excluding hydrogens is 441 g/mol. The molecule has 0 aliphatic carbocycles. The van der Waals surface area contributed by atoms with Crippen molar-refractivity contribution >= 4 is 41.7 Å². The maximum atomic E-state index is 10.5. The molecule has 0 aromatic heterocycles. The van der Waals surface area contributed by atoms with Crippen molar-refractivity contribution in [2.45, 2.75) is 44.0 Å². The Balaban J connectivity index is 0.00000208. The predicted molar refractivity (Wildman–Crippen MR) is 109 cm³/mol. The van der Waals surface area contributed by atoms with Crippen molar-refractivity contribution in [1.29, 1.82) is 0 Å². The zero-order chi connectivity index (χ0) is 16.1.